The van der Waals surface area contributed by atoms with E-state index in [2.05, 4.69) is 18.7 Å². The van der Waals surface area contributed by atoms with Gasteiger partial charge in [0.2, 0.25) is 0 Å². The van der Waals surface area contributed by atoms with Gasteiger partial charge in [-0.05, 0) is 24.3 Å². The summed E-state index contributed by atoms with van der Waals surface area (Å²) >= 11 is 0. The molecule has 0 aliphatic carbocycles. The Morgan fingerprint density at radius 1 is 1.41 bits per heavy atom. The molecule has 1 aromatic rings. The van der Waals surface area contributed by atoms with Gasteiger partial charge in [-0.25, -0.2) is 0 Å². The number of non-ortho nitro benzene ring substituents is 1. The maximum atomic E-state index is 10.7. The second kappa shape index (κ2) is 7.56. The lowest BCUT2D eigenvalue weighted by Crippen LogP contribution is -2.43. The van der Waals surface area contributed by atoms with E-state index in [4.69, 9.17) is 4.74 Å². The normalized spacial score (nSPS) is 24.0. The lowest BCUT2D eigenvalue weighted by atomic mass is 9.92. The van der Waals surface area contributed by atoms with Crippen molar-refractivity contribution in [3.8, 4) is 5.75 Å². The van der Waals surface area contributed by atoms with Crippen molar-refractivity contribution in [3.05, 3.63) is 34.4 Å². The number of aliphatic hydroxyl groups excluding tert-OH is 1. The SMILES string of the molecule is CC1CC(C)CN(CC(O)COc2cccc([N+](=O)[O-])c2)C1. The number of aliphatic hydroxyl groups is 1. The Labute approximate surface area is 130 Å². The molecular weight excluding hydrogens is 284 g/mol. The molecule has 3 unspecified atom stereocenters. The maximum absolute atomic E-state index is 10.7. The van der Waals surface area contributed by atoms with Gasteiger partial charge in [0, 0.05) is 25.7 Å². The molecular formula is C16H24N2O4. The summed E-state index contributed by atoms with van der Waals surface area (Å²) in [6, 6.07) is 6.02. The molecule has 6 heteroatoms. The molecule has 1 saturated heterocycles. The zero-order valence-electron chi connectivity index (χ0n) is 13.1. The van der Waals surface area contributed by atoms with Crippen LogP contribution in [0, 0.1) is 22.0 Å². The Morgan fingerprint density at radius 2 is 2.09 bits per heavy atom. The number of nitro benzene ring substituents is 1. The van der Waals surface area contributed by atoms with E-state index in [9.17, 15) is 15.2 Å². The highest BCUT2D eigenvalue weighted by Crippen LogP contribution is 2.22. The van der Waals surface area contributed by atoms with Crippen molar-refractivity contribution in [1.29, 1.82) is 0 Å². The highest BCUT2D eigenvalue weighted by Gasteiger charge is 2.23. The summed E-state index contributed by atoms with van der Waals surface area (Å²) in [7, 11) is 0. The van der Waals surface area contributed by atoms with Crippen LogP contribution in [0.4, 0.5) is 5.69 Å². The van der Waals surface area contributed by atoms with Crippen molar-refractivity contribution < 1.29 is 14.8 Å². The minimum atomic E-state index is -0.600. The molecule has 0 bridgehead atoms. The van der Waals surface area contributed by atoms with Crippen LogP contribution in [-0.2, 0) is 0 Å². The van der Waals surface area contributed by atoms with Crippen molar-refractivity contribution in [2.24, 2.45) is 11.8 Å². The zero-order valence-corrected chi connectivity index (χ0v) is 13.1. The predicted octanol–water partition coefficient (Wildman–Crippen LogP) is 2.31. The highest BCUT2D eigenvalue weighted by atomic mass is 16.6. The molecule has 1 heterocycles. The molecule has 6 nitrogen and oxygen atoms in total. The summed E-state index contributed by atoms with van der Waals surface area (Å²) in [6.45, 7) is 7.17. The van der Waals surface area contributed by atoms with Crippen molar-refractivity contribution in [2.45, 2.75) is 26.4 Å². The number of nitro groups is 1. The minimum Gasteiger partial charge on any atom is -0.491 e. The third-order valence-electron chi connectivity index (χ3n) is 3.88. The van der Waals surface area contributed by atoms with E-state index in [0.29, 0.717) is 24.1 Å². The number of likely N-dealkylation sites (tertiary alicyclic amines) is 1. The fourth-order valence-electron chi connectivity index (χ4n) is 3.17. The van der Waals surface area contributed by atoms with E-state index in [0.717, 1.165) is 13.1 Å². The predicted molar refractivity (Wildman–Crippen MR) is 84.0 cm³/mol. The first-order valence-corrected chi connectivity index (χ1v) is 7.71. The average molecular weight is 308 g/mol. The number of ether oxygens (including phenoxy) is 1. The van der Waals surface area contributed by atoms with Crippen LogP contribution in [0.25, 0.3) is 0 Å². The third kappa shape index (κ3) is 4.96. The quantitative estimate of drug-likeness (QED) is 0.644. The van der Waals surface area contributed by atoms with Crippen LogP contribution in [0.2, 0.25) is 0 Å². The number of nitrogens with zero attached hydrogens (tertiary/aromatic N) is 2. The van der Waals surface area contributed by atoms with Gasteiger partial charge >= 0.3 is 0 Å². The Kier molecular flexibility index (Phi) is 5.74. The first kappa shape index (κ1) is 16.7. The molecule has 1 N–H and O–H groups in total. The standard InChI is InChI=1S/C16H24N2O4/c1-12-6-13(2)9-17(8-12)10-15(19)11-22-16-5-3-4-14(7-16)18(20)21/h3-5,7,12-13,15,19H,6,8-11H2,1-2H3. The number of β-amino-alcohol motifs (C(OH)–C–C–N with tert-alkyl or cyclic N) is 1. The van der Waals surface area contributed by atoms with Crippen molar-refractivity contribution in [2.75, 3.05) is 26.2 Å². The molecule has 0 radical (unpaired) electrons. The van der Waals surface area contributed by atoms with Gasteiger partial charge in [0.1, 0.15) is 18.5 Å². The van der Waals surface area contributed by atoms with E-state index in [1.807, 2.05) is 0 Å². The molecule has 22 heavy (non-hydrogen) atoms. The Hall–Kier alpha value is -1.66. The van der Waals surface area contributed by atoms with E-state index in [1.165, 1.54) is 18.6 Å². The number of hydrogen-bond acceptors (Lipinski definition) is 5. The molecule has 0 aromatic heterocycles. The van der Waals surface area contributed by atoms with Crippen LogP contribution in [0.15, 0.2) is 24.3 Å². The summed E-state index contributed by atoms with van der Waals surface area (Å²) < 4.78 is 5.47. The molecule has 122 valence electrons. The summed E-state index contributed by atoms with van der Waals surface area (Å²) in [5, 5.41) is 20.8. The van der Waals surface area contributed by atoms with Crippen LogP contribution < -0.4 is 4.74 Å². The van der Waals surface area contributed by atoms with Gasteiger partial charge in [-0.2, -0.15) is 0 Å². The van der Waals surface area contributed by atoms with Crippen LogP contribution in [0.5, 0.6) is 5.75 Å². The molecule has 2 rings (SSSR count). The summed E-state index contributed by atoms with van der Waals surface area (Å²) in [5.41, 5.74) is -0.00864. The number of piperidine rings is 1. The second-order valence-corrected chi connectivity index (χ2v) is 6.38. The smallest absolute Gasteiger partial charge is 0.273 e. The molecule has 0 spiro atoms. The topological polar surface area (TPSA) is 75.8 Å². The maximum Gasteiger partial charge on any atom is 0.273 e. The van der Waals surface area contributed by atoms with Gasteiger partial charge in [-0.3, -0.25) is 10.1 Å². The summed E-state index contributed by atoms with van der Waals surface area (Å²) in [6.07, 6.45) is 0.633. The lowest BCUT2D eigenvalue weighted by Gasteiger charge is -2.35. The van der Waals surface area contributed by atoms with Gasteiger partial charge in [0.15, 0.2) is 0 Å². The van der Waals surface area contributed by atoms with Gasteiger partial charge < -0.3 is 14.7 Å². The Morgan fingerprint density at radius 3 is 2.73 bits per heavy atom. The van der Waals surface area contributed by atoms with E-state index >= 15 is 0 Å². The van der Waals surface area contributed by atoms with Crippen LogP contribution in [-0.4, -0.2) is 47.3 Å². The highest BCUT2D eigenvalue weighted by molar-refractivity contribution is 5.37. The number of benzene rings is 1. The fourth-order valence-corrected chi connectivity index (χ4v) is 3.17. The molecule has 3 atom stereocenters. The van der Waals surface area contributed by atoms with Crippen molar-refractivity contribution >= 4 is 5.69 Å². The summed E-state index contributed by atoms with van der Waals surface area (Å²) in [4.78, 5) is 12.5. The largest absolute Gasteiger partial charge is 0.491 e. The fraction of sp³-hybridized carbons (Fsp3) is 0.625. The molecule has 0 amide bonds. The van der Waals surface area contributed by atoms with Crippen LogP contribution in [0.1, 0.15) is 20.3 Å². The van der Waals surface area contributed by atoms with E-state index in [1.54, 1.807) is 12.1 Å². The molecule has 1 aliphatic rings. The Balaban J connectivity index is 1.81. The molecule has 1 aromatic carbocycles. The summed E-state index contributed by atoms with van der Waals surface area (Å²) in [5.74, 6) is 1.70. The minimum absolute atomic E-state index is 0.00864. The molecule has 1 aliphatic heterocycles. The van der Waals surface area contributed by atoms with Gasteiger partial charge in [-0.1, -0.05) is 19.9 Å². The first-order chi connectivity index (χ1) is 10.4. The second-order valence-electron chi connectivity index (χ2n) is 6.38. The first-order valence-electron chi connectivity index (χ1n) is 7.71. The third-order valence-corrected chi connectivity index (χ3v) is 3.88. The van der Waals surface area contributed by atoms with Crippen molar-refractivity contribution in [1.82, 2.24) is 4.90 Å². The number of hydrogen-bond donors (Lipinski definition) is 1. The monoisotopic (exact) mass is 308 g/mol. The number of rotatable bonds is 6. The van der Waals surface area contributed by atoms with Gasteiger partial charge in [-0.15, -0.1) is 0 Å². The van der Waals surface area contributed by atoms with Crippen LogP contribution in [0.3, 0.4) is 0 Å². The van der Waals surface area contributed by atoms with Gasteiger partial charge in [0.25, 0.3) is 5.69 Å². The Bertz CT molecular complexity index is 499. The van der Waals surface area contributed by atoms with Crippen LogP contribution >= 0.6 is 0 Å². The average Bonchev–Trinajstić information content (AvgIpc) is 2.44. The van der Waals surface area contributed by atoms with E-state index in [-0.39, 0.29) is 12.3 Å². The zero-order chi connectivity index (χ0) is 16.1. The van der Waals surface area contributed by atoms with Gasteiger partial charge in [0.05, 0.1) is 11.0 Å². The molecule has 0 saturated carbocycles. The molecule has 1 fully saturated rings. The lowest BCUT2D eigenvalue weighted by molar-refractivity contribution is -0.384. The van der Waals surface area contributed by atoms with E-state index < -0.39 is 11.0 Å². The van der Waals surface area contributed by atoms with Crippen molar-refractivity contribution in [3.63, 3.8) is 0 Å².